The van der Waals surface area contributed by atoms with Gasteiger partial charge in [-0.15, -0.1) is 0 Å². The van der Waals surface area contributed by atoms with E-state index in [0.717, 1.165) is 0 Å². The van der Waals surface area contributed by atoms with E-state index in [1.807, 2.05) is 0 Å². The van der Waals surface area contributed by atoms with Crippen LogP contribution >= 0.6 is 11.6 Å². The van der Waals surface area contributed by atoms with Gasteiger partial charge in [0.2, 0.25) is 6.29 Å². The normalized spacial score (nSPS) is 10.1. The van der Waals surface area contributed by atoms with Gasteiger partial charge in [-0.2, -0.15) is 0 Å². The third-order valence-electron chi connectivity index (χ3n) is 2.46. The molecular formula is C14H7ClFO2. The Hall–Kier alpha value is -2.00. The maximum absolute atomic E-state index is 13.8. The Bertz CT molecular complexity index is 606. The van der Waals surface area contributed by atoms with Crippen LogP contribution in [0, 0.1) is 5.82 Å². The molecule has 0 fully saturated rings. The average molecular weight is 262 g/mol. The maximum atomic E-state index is 13.8. The Balaban J connectivity index is 2.46. The molecule has 0 aliphatic carbocycles. The van der Waals surface area contributed by atoms with E-state index in [0.29, 0.717) is 10.6 Å². The van der Waals surface area contributed by atoms with Crippen LogP contribution in [-0.4, -0.2) is 12.1 Å². The molecule has 2 aromatic carbocycles. The Morgan fingerprint density at radius 3 is 2.39 bits per heavy atom. The Morgan fingerprint density at radius 1 is 1.11 bits per heavy atom. The molecule has 0 saturated carbocycles. The summed E-state index contributed by atoms with van der Waals surface area (Å²) in [5, 5.41) is 0.488. The maximum Gasteiger partial charge on any atom is 0.236 e. The molecule has 0 amide bonds. The average Bonchev–Trinajstić information content (AvgIpc) is 2.39. The van der Waals surface area contributed by atoms with Crippen molar-refractivity contribution in [2.75, 3.05) is 0 Å². The summed E-state index contributed by atoms with van der Waals surface area (Å²) in [6.45, 7) is 0. The van der Waals surface area contributed by atoms with Gasteiger partial charge in [0.15, 0.2) is 5.78 Å². The van der Waals surface area contributed by atoms with E-state index in [9.17, 15) is 14.0 Å². The molecule has 0 spiro atoms. The predicted octanol–water partition coefficient (Wildman–Crippen LogP) is 3.17. The highest BCUT2D eigenvalue weighted by Crippen LogP contribution is 2.17. The predicted molar refractivity (Wildman–Crippen MR) is 66.1 cm³/mol. The first kappa shape index (κ1) is 12.5. The number of halogens is 2. The lowest BCUT2D eigenvalue weighted by atomic mass is 10.0. The molecular weight excluding hydrogens is 255 g/mol. The fraction of sp³-hybridized carbons (Fsp3) is 0. The van der Waals surface area contributed by atoms with Crippen molar-refractivity contribution in [3.63, 3.8) is 0 Å². The summed E-state index contributed by atoms with van der Waals surface area (Å²) in [7, 11) is 0. The standard InChI is InChI=1S/C14H7ClFO2/c15-11-6-4-9(5-7-11)14(18)12-3-1-2-10(8-17)13(12)16/h1-7H. The van der Waals surface area contributed by atoms with E-state index in [4.69, 9.17) is 11.6 Å². The molecule has 18 heavy (non-hydrogen) atoms. The highest BCUT2D eigenvalue weighted by molar-refractivity contribution is 6.30. The second-order valence-corrected chi connectivity index (χ2v) is 4.04. The molecule has 0 aromatic heterocycles. The highest BCUT2D eigenvalue weighted by atomic mass is 35.5. The smallest absolute Gasteiger partial charge is 0.236 e. The van der Waals surface area contributed by atoms with Gasteiger partial charge in [-0.25, -0.2) is 4.39 Å². The van der Waals surface area contributed by atoms with E-state index < -0.39 is 11.6 Å². The quantitative estimate of drug-likeness (QED) is 0.796. The Morgan fingerprint density at radius 2 is 1.78 bits per heavy atom. The minimum absolute atomic E-state index is 0.154. The van der Waals surface area contributed by atoms with Crippen LogP contribution in [0.3, 0.4) is 0 Å². The molecule has 0 saturated heterocycles. The molecule has 89 valence electrons. The summed E-state index contributed by atoms with van der Waals surface area (Å²) >= 11 is 5.70. The summed E-state index contributed by atoms with van der Waals surface area (Å²) in [4.78, 5) is 22.5. The summed E-state index contributed by atoms with van der Waals surface area (Å²) in [5.41, 5.74) is -0.102. The van der Waals surface area contributed by atoms with E-state index in [1.54, 1.807) is 12.1 Å². The topological polar surface area (TPSA) is 34.1 Å². The Kier molecular flexibility index (Phi) is 3.53. The lowest BCUT2D eigenvalue weighted by Gasteiger charge is -2.04. The molecule has 2 nitrogen and oxygen atoms in total. The van der Waals surface area contributed by atoms with Crippen LogP contribution in [0.5, 0.6) is 0 Å². The summed E-state index contributed by atoms with van der Waals surface area (Å²) in [5.74, 6) is -1.35. The third kappa shape index (κ3) is 2.31. The zero-order chi connectivity index (χ0) is 13.1. The first-order valence-corrected chi connectivity index (χ1v) is 5.48. The van der Waals surface area contributed by atoms with Crippen molar-refractivity contribution in [2.24, 2.45) is 0 Å². The number of hydrogen-bond donors (Lipinski definition) is 0. The number of benzene rings is 2. The summed E-state index contributed by atoms with van der Waals surface area (Å²) in [6.07, 6.45) is 1.45. The van der Waals surface area contributed by atoms with Crippen LogP contribution in [0.25, 0.3) is 0 Å². The molecule has 2 rings (SSSR count). The van der Waals surface area contributed by atoms with Gasteiger partial charge in [-0.1, -0.05) is 17.7 Å². The third-order valence-corrected chi connectivity index (χ3v) is 2.71. The first-order valence-electron chi connectivity index (χ1n) is 5.10. The lowest BCUT2D eigenvalue weighted by molar-refractivity contribution is 0.103. The van der Waals surface area contributed by atoms with Crippen molar-refractivity contribution in [3.8, 4) is 0 Å². The van der Waals surface area contributed by atoms with E-state index >= 15 is 0 Å². The van der Waals surface area contributed by atoms with E-state index in [2.05, 4.69) is 0 Å². The van der Waals surface area contributed by atoms with Gasteiger partial charge in [-0.05, 0) is 36.4 Å². The number of carbonyl (C=O) groups is 1. The van der Waals surface area contributed by atoms with Crippen LogP contribution in [-0.2, 0) is 4.79 Å². The second kappa shape index (κ2) is 5.10. The minimum Gasteiger partial charge on any atom is -0.288 e. The van der Waals surface area contributed by atoms with Crippen LogP contribution in [0.15, 0.2) is 42.5 Å². The van der Waals surface area contributed by atoms with Gasteiger partial charge >= 0.3 is 0 Å². The van der Waals surface area contributed by atoms with Gasteiger partial charge in [0.1, 0.15) is 5.82 Å². The fourth-order valence-corrected chi connectivity index (χ4v) is 1.67. The zero-order valence-corrected chi connectivity index (χ0v) is 9.87. The van der Waals surface area contributed by atoms with Crippen LogP contribution < -0.4 is 0 Å². The molecule has 0 N–H and O–H groups in total. The van der Waals surface area contributed by atoms with Crippen molar-refractivity contribution >= 4 is 23.7 Å². The largest absolute Gasteiger partial charge is 0.288 e. The van der Waals surface area contributed by atoms with Crippen molar-refractivity contribution in [1.82, 2.24) is 0 Å². The van der Waals surface area contributed by atoms with Crippen LogP contribution in [0.4, 0.5) is 4.39 Å². The number of rotatable bonds is 3. The minimum atomic E-state index is -0.854. The molecule has 0 bridgehead atoms. The second-order valence-electron chi connectivity index (χ2n) is 3.61. The molecule has 0 unspecified atom stereocenters. The number of ketones is 1. The van der Waals surface area contributed by atoms with Crippen molar-refractivity contribution in [1.29, 1.82) is 0 Å². The summed E-state index contributed by atoms with van der Waals surface area (Å²) in [6, 6.07) is 10.1. The molecule has 1 radical (unpaired) electrons. The highest BCUT2D eigenvalue weighted by Gasteiger charge is 2.16. The lowest BCUT2D eigenvalue weighted by Crippen LogP contribution is -2.06. The number of carbonyl (C=O) groups excluding carboxylic acids is 2. The van der Waals surface area contributed by atoms with Crippen molar-refractivity contribution in [2.45, 2.75) is 0 Å². The van der Waals surface area contributed by atoms with Crippen LogP contribution in [0.1, 0.15) is 21.5 Å². The molecule has 2 aromatic rings. The van der Waals surface area contributed by atoms with E-state index in [-0.39, 0.29) is 11.1 Å². The van der Waals surface area contributed by atoms with Crippen LogP contribution in [0.2, 0.25) is 5.02 Å². The molecule has 0 aliphatic heterocycles. The molecule has 0 atom stereocenters. The van der Waals surface area contributed by atoms with Gasteiger partial charge < -0.3 is 0 Å². The van der Waals surface area contributed by atoms with E-state index in [1.165, 1.54) is 36.6 Å². The molecule has 4 heteroatoms. The van der Waals surface area contributed by atoms with Gasteiger partial charge in [-0.3, -0.25) is 9.59 Å². The monoisotopic (exact) mass is 261 g/mol. The molecule has 0 aliphatic rings. The SMILES string of the molecule is O=[C]c1cccc(C(=O)c2ccc(Cl)cc2)c1F. The van der Waals surface area contributed by atoms with Crippen molar-refractivity contribution in [3.05, 3.63) is 70.0 Å². The first-order chi connectivity index (χ1) is 8.63. The zero-order valence-electron chi connectivity index (χ0n) is 9.11. The van der Waals surface area contributed by atoms with Gasteiger partial charge in [0, 0.05) is 10.6 Å². The van der Waals surface area contributed by atoms with Gasteiger partial charge in [0.25, 0.3) is 0 Å². The summed E-state index contributed by atoms with van der Waals surface area (Å²) < 4.78 is 13.8. The van der Waals surface area contributed by atoms with Crippen molar-refractivity contribution < 1.29 is 14.0 Å². The fourth-order valence-electron chi connectivity index (χ4n) is 1.54. The van der Waals surface area contributed by atoms with Gasteiger partial charge in [0.05, 0.1) is 11.1 Å². The Labute approximate surface area is 108 Å². The number of hydrogen-bond acceptors (Lipinski definition) is 2. The molecule has 0 heterocycles.